The van der Waals surface area contributed by atoms with Gasteiger partial charge >= 0.3 is 0 Å². The fourth-order valence-electron chi connectivity index (χ4n) is 2.85. The van der Waals surface area contributed by atoms with E-state index >= 15 is 0 Å². The zero-order valence-corrected chi connectivity index (χ0v) is 16.2. The second kappa shape index (κ2) is 10.6. The standard InChI is InChI=1S/C23H30O3/c1-4-15-25-22-14-11-18(6-3)17-19(22)12-13-21(24)20-9-7-8-10-23(20)26-16-5-2/h7-10,12-14,17,19H,4-6,11,15-16H2,1-3H3/b13-12+. The molecular weight excluding hydrogens is 324 g/mol. The van der Waals surface area contributed by atoms with Gasteiger partial charge in [0.2, 0.25) is 0 Å². The van der Waals surface area contributed by atoms with Crippen LogP contribution in [-0.2, 0) is 4.74 Å². The Kier molecular flexibility index (Phi) is 8.20. The molecule has 0 spiro atoms. The lowest BCUT2D eigenvalue weighted by atomic mass is 9.93. The average Bonchev–Trinajstić information content (AvgIpc) is 2.69. The number of hydrogen-bond acceptors (Lipinski definition) is 3. The van der Waals surface area contributed by atoms with E-state index in [1.54, 1.807) is 6.08 Å². The van der Waals surface area contributed by atoms with E-state index in [1.807, 2.05) is 30.3 Å². The van der Waals surface area contributed by atoms with E-state index < -0.39 is 0 Å². The molecule has 0 N–H and O–H groups in total. The van der Waals surface area contributed by atoms with Gasteiger partial charge in [0.05, 0.1) is 24.7 Å². The topological polar surface area (TPSA) is 35.5 Å². The zero-order valence-electron chi connectivity index (χ0n) is 16.2. The number of rotatable bonds is 10. The van der Waals surface area contributed by atoms with Crippen molar-refractivity contribution in [3.05, 3.63) is 65.5 Å². The molecule has 3 heteroatoms. The van der Waals surface area contributed by atoms with Crippen LogP contribution in [0.4, 0.5) is 0 Å². The molecule has 1 unspecified atom stereocenters. The van der Waals surface area contributed by atoms with Gasteiger partial charge in [-0.3, -0.25) is 4.79 Å². The molecule has 1 aromatic carbocycles. The van der Waals surface area contributed by atoms with E-state index in [-0.39, 0.29) is 11.7 Å². The van der Waals surface area contributed by atoms with Crippen LogP contribution >= 0.6 is 0 Å². The molecule has 0 bridgehead atoms. The highest BCUT2D eigenvalue weighted by Crippen LogP contribution is 2.28. The highest BCUT2D eigenvalue weighted by atomic mass is 16.5. The van der Waals surface area contributed by atoms with E-state index in [9.17, 15) is 4.79 Å². The molecule has 0 amide bonds. The second-order valence-electron chi connectivity index (χ2n) is 6.43. The van der Waals surface area contributed by atoms with Crippen molar-refractivity contribution in [2.45, 2.75) is 46.5 Å². The van der Waals surface area contributed by atoms with Gasteiger partial charge in [-0.25, -0.2) is 0 Å². The Hall–Kier alpha value is -2.29. The fourth-order valence-corrected chi connectivity index (χ4v) is 2.85. The van der Waals surface area contributed by atoms with Gasteiger partial charge in [-0.15, -0.1) is 0 Å². The minimum atomic E-state index is -0.0384. The SMILES string of the molecule is CCCOC1=CCC(CC)=CC1/C=C/C(=O)c1ccccc1OCCC. The van der Waals surface area contributed by atoms with Crippen LogP contribution in [0.25, 0.3) is 0 Å². The third kappa shape index (κ3) is 5.62. The molecular formula is C23H30O3. The van der Waals surface area contributed by atoms with Crippen LogP contribution < -0.4 is 4.74 Å². The number of carbonyl (C=O) groups excluding carboxylic acids is 1. The smallest absolute Gasteiger partial charge is 0.189 e. The summed E-state index contributed by atoms with van der Waals surface area (Å²) >= 11 is 0. The minimum absolute atomic E-state index is 0.0259. The normalized spacial score (nSPS) is 17.0. The van der Waals surface area contributed by atoms with Gasteiger partial charge in [0, 0.05) is 0 Å². The first-order valence-corrected chi connectivity index (χ1v) is 9.66. The van der Waals surface area contributed by atoms with Crippen molar-refractivity contribution in [2.24, 2.45) is 5.92 Å². The van der Waals surface area contributed by atoms with Crippen molar-refractivity contribution in [2.75, 3.05) is 13.2 Å². The molecule has 0 saturated heterocycles. The van der Waals surface area contributed by atoms with Crippen LogP contribution in [0.3, 0.4) is 0 Å². The second-order valence-corrected chi connectivity index (χ2v) is 6.43. The summed E-state index contributed by atoms with van der Waals surface area (Å²) in [5.41, 5.74) is 1.98. The van der Waals surface area contributed by atoms with Gasteiger partial charge in [0.25, 0.3) is 0 Å². The highest BCUT2D eigenvalue weighted by molar-refractivity contribution is 6.06. The van der Waals surface area contributed by atoms with Gasteiger partial charge in [-0.1, -0.05) is 50.6 Å². The van der Waals surface area contributed by atoms with E-state index in [2.05, 4.69) is 32.9 Å². The van der Waals surface area contributed by atoms with Crippen LogP contribution in [-0.4, -0.2) is 19.0 Å². The third-order valence-electron chi connectivity index (χ3n) is 4.31. The monoisotopic (exact) mass is 354 g/mol. The van der Waals surface area contributed by atoms with Gasteiger partial charge in [0.15, 0.2) is 5.78 Å². The van der Waals surface area contributed by atoms with Gasteiger partial charge in [-0.2, -0.15) is 0 Å². The Morgan fingerprint density at radius 2 is 1.85 bits per heavy atom. The van der Waals surface area contributed by atoms with Crippen LogP contribution in [0.15, 0.2) is 59.9 Å². The van der Waals surface area contributed by atoms with Crippen molar-refractivity contribution in [1.29, 1.82) is 0 Å². The van der Waals surface area contributed by atoms with E-state index in [1.165, 1.54) is 5.57 Å². The number of benzene rings is 1. The molecule has 0 radical (unpaired) electrons. The van der Waals surface area contributed by atoms with Crippen LogP contribution in [0.1, 0.15) is 56.8 Å². The molecule has 0 aromatic heterocycles. The van der Waals surface area contributed by atoms with Crippen molar-refractivity contribution in [1.82, 2.24) is 0 Å². The first-order valence-electron chi connectivity index (χ1n) is 9.66. The fraction of sp³-hybridized carbons (Fsp3) is 0.435. The third-order valence-corrected chi connectivity index (χ3v) is 4.31. The number of para-hydroxylation sites is 1. The summed E-state index contributed by atoms with van der Waals surface area (Å²) in [4.78, 5) is 12.7. The predicted octanol–water partition coefficient (Wildman–Crippen LogP) is 5.88. The number of hydrogen-bond donors (Lipinski definition) is 0. The highest BCUT2D eigenvalue weighted by Gasteiger charge is 2.17. The van der Waals surface area contributed by atoms with Crippen molar-refractivity contribution < 1.29 is 14.3 Å². The first kappa shape index (κ1) is 20.0. The predicted molar refractivity (Wildman–Crippen MR) is 107 cm³/mol. The summed E-state index contributed by atoms with van der Waals surface area (Å²) in [7, 11) is 0. The summed E-state index contributed by atoms with van der Waals surface area (Å²) < 4.78 is 11.6. The summed E-state index contributed by atoms with van der Waals surface area (Å²) in [6.45, 7) is 7.61. The molecule has 2 rings (SSSR count). The molecule has 1 aliphatic carbocycles. The largest absolute Gasteiger partial charge is 0.497 e. The summed E-state index contributed by atoms with van der Waals surface area (Å²) in [6.07, 6.45) is 11.8. The van der Waals surface area contributed by atoms with E-state index in [0.29, 0.717) is 24.5 Å². The lowest BCUT2D eigenvalue weighted by Gasteiger charge is -2.21. The first-order chi connectivity index (χ1) is 12.7. The zero-order chi connectivity index (χ0) is 18.8. The maximum atomic E-state index is 12.7. The van der Waals surface area contributed by atoms with Gasteiger partial charge in [-0.05, 0) is 50.0 Å². The van der Waals surface area contributed by atoms with Crippen molar-refractivity contribution in [3.63, 3.8) is 0 Å². The van der Waals surface area contributed by atoms with Crippen LogP contribution in [0.2, 0.25) is 0 Å². The minimum Gasteiger partial charge on any atom is -0.497 e. The quantitative estimate of drug-likeness (QED) is 0.299. The molecule has 0 aliphatic heterocycles. The maximum absolute atomic E-state index is 12.7. The van der Waals surface area contributed by atoms with E-state index in [0.717, 1.165) is 31.4 Å². The Labute approximate surface area is 157 Å². The molecule has 1 aliphatic rings. The molecule has 0 heterocycles. The summed E-state index contributed by atoms with van der Waals surface area (Å²) in [5.74, 6) is 1.58. The van der Waals surface area contributed by atoms with Crippen LogP contribution in [0.5, 0.6) is 5.75 Å². The molecule has 1 aromatic rings. The molecule has 0 saturated carbocycles. The maximum Gasteiger partial charge on any atom is 0.189 e. The average molecular weight is 354 g/mol. The Bertz CT molecular complexity index is 682. The molecule has 3 nitrogen and oxygen atoms in total. The summed E-state index contributed by atoms with van der Waals surface area (Å²) in [6, 6.07) is 7.42. The lowest BCUT2D eigenvalue weighted by molar-refractivity contribution is 0.104. The number of ketones is 1. The molecule has 1 atom stereocenters. The van der Waals surface area contributed by atoms with Crippen LogP contribution in [0, 0.1) is 5.92 Å². The molecule has 26 heavy (non-hydrogen) atoms. The van der Waals surface area contributed by atoms with Gasteiger partial charge in [0.1, 0.15) is 11.5 Å². The number of allylic oxidation sites excluding steroid dienone is 4. The molecule has 0 fully saturated rings. The Balaban J connectivity index is 2.15. The number of carbonyl (C=O) groups is 1. The number of ether oxygens (including phenoxy) is 2. The van der Waals surface area contributed by atoms with Crippen molar-refractivity contribution >= 4 is 5.78 Å². The van der Waals surface area contributed by atoms with Gasteiger partial charge < -0.3 is 9.47 Å². The van der Waals surface area contributed by atoms with E-state index in [4.69, 9.17) is 9.47 Å². The molecule has 140 valence electrons. The lowest BCUT2D eigenvalue weighted by Crippen LogP contribution is -2.09. The Morgan fingerprint density at radius 3 is 2.58 bits per heavy atom. The summed E-state index contributed by atoms with van der Waals surface area (Å²) in [5, 5.41) is 0. The van der Waals surface area contributed by atoms with Crippen molar-refractivity contribution in [3.8, 4) is 5.75 Å². The Morgan fingerprint density at radius 1 is 1.12 bits per heavy atom.